The Kier molecular flexibility index (Phi) is 6.21. The van der Waals surface area contributed by atoms with Crippen molar-refractivity contribution in [2.75, 3.05) is 19.7 Å². The van der Waals surface area contributed by atoms with Crippen molar-refractivity contribution in [3.05, 3.63) is 64.4 Å². The number of halogens is 1. The second-order valence-electron chi connectivity index (χ2n) is 5.97. The van der Waals surface area contributed by atoms with Crippen LogP contribution in [0.2, 0.25) is 0 Å². The molecule has 1 saturated heterocycles. The first-order chi connectivity index (χ1) is 12.3. The molecule has 1 aliphatic heterocycles. The zero-order chi connectivity index (χ0) is 17.1. The molecule has 136 valence electrons. The van der Waals surface area contributed by atoms with E-state index < -0.39 is 6.10 Å². The zero-order valence-electron chi connectivity index (χ0n) is 14.1. The molecule has 0 spiro atoms. The fourth-order valence-electron chi connectivity index (χ4n) is 3.01. The number of morpholine rings is 1. The highest BCUT2D eigenvalue weighted by Crippen LogP contribution is 2.19. The Morgan fingerprint density at radius 3 is 2.96 bits per heavy atom. The summed E-state index contributed by atoms with van der Waals surface area (Å²) in [6.45, 7) is 2.54. The molecule has 7 heteroatoms. The molecule has 2 aromatic carbocycles. The van der Waals surface area contributed by atoms with Gasteiger partial charge in [0.2, 0.25) is 0 Å². The van der Waals surface area contributed by atoms with Crippen LogP contribution in [0.25, 0.3) is 10.8 Å². The molecule has 1 aliphatic rings. The Morgan fingerprint density at radius 1 is 1.27 bits per heavy atom. The largest absolute Gasteiger partial charge is 0.366 e. The van der Waals surface area contributed by atoms with Gasteiger partial charge in [0.05, 0.1) is 13.2 Å². The minimum Gasteiger partial charge on any atom is -0.366 e. The molecule has 5 nitrogen and oxygen atoms in total. The van der Waals surface area contributed by atoms with Gasteiger partial charge >= 0.3 is 0 Å². The molecule has 1 aromatic heterocycles. The summed E-state index contributed by atoms with van der Waals surface area (Å²) in [6, 6.07) is 14.6. The van der Waals surface area contributed by atoms with E-state index in [2.05, 4.69) is 40.6 Å². The Bertz CT molecular complexity index is 955. The maximum atomic E-state index is 12.3. The Balaban J connectivity index is 0.00000196. The van der Waals surface area contributed by atoms with Crippen molar-refractivity contribution >= 4 is 40.4 Å². The topological polar surface area (TPSA) is 55.6 Å². The summed E-state index contributed by atoms with van der Waals surface area (Å²) in [7, 11) is 0. The number of thiazole rings is 1. The molecule has 1 unspecified atom stereocenters. The van der Waals surface area contributed by atoms with E-state index in [0.717, 1.165) is 6.54 Å². The highest BCUT2D eigenvalue weighted by Gasteiger charge is 2.21. The molecular weight excluding hydrogens is 370 g/mol. The van der Waals surface area contributed by atoms with Crippen molar-refractivity contribution in [2.24, 2.45) is 4.99 Å². The number of ether oxygens (including phenoxy) is 1. The van der Waals surface area contributed by atoms with Gasteiger partial charge in [0.15, 0.2) is 10.9 Å². The second-order valence-corrected chi connectivity index (χ2v) is 6.84. The summed E-state index contributed by atoms with van der Waals surface area (Å²) in [4.78, 5) is 17.3. The third kappa shape index (κ3) is 4.04. The minimum atomic E-state index is -0.484. The zero-order valence-corrected chi connectivity index (χ0v) is 15.8. The van der Waals surface area contributed by atoms with Gasteiger partial charge in [0.1, 0.15) is 0 Å². The average molecular weight is 390 g/mol. The molecule has 1 fully saturated rings. The van der Waals surface area contributed by atoms with Gasteiger partial charge in [-0.15, -0.1) is 23.7 Å². The van der Waals surface area contributed by atoms with E-state index in [0.29, 0.717) is 24.5 Å². The van der Waals surface area contributed by atoms with Crippen LogP contribution < -0.4 is 10.1 Å². The van der Waals surface area contributed by atoms with Crippen molar-refractivity contribution in [3.8, 4) is 0 Å². The maximum absolute atomic E-state index is 12.3. The van der Waals surface area contributed by atoms with Crippen molar-refractivity contribution < 1.29 is 9.53 Å². The summed E-state index contributed by atoms with van der Waals surface area (Å²) in [5, 5.41) is 7.55. The van der Waals surface area contributed by atoms with E-state index in [1.165, 1.54) is 27.7 Å². The van der Waals surface area contributed by atoms with Gasteiger partial charge in [0, 0.05) is 24.7 Å². The van der Waals surface area contributed by atoms with E-state index in [-0.39, 0.29) is 18.3 Å². The summed E-state index contributed by atoms with van der Waals surface area (Å²) >= 11 is 1.47. The number of carbonyl (C=O) groups is 1. The Labute approximate surface area is 161 Å². The normalized spacial score (nSPS) is 17.8. The predicted octanol–water partition coefficient (Wildman–Crippen LogP) is 2.59. The number of hydrogen-bond acceptors (Lipinski definition) is 4. The molecule has 0 saturated carbocycles. The van der Waals surface area contributed by atoms with Crippen LogP contribution in [0.15, 0.2) is 59.0 Å². The van der Waals surface area contributed by atoms with Crippen LogP contribution in [0.1, 0.15) is 5.56 Å². The second kappa shape index (κ2) is 8.60. The van der Waals surface area contributed by atoms with Crippen LogP contribution in [-0.2, 0) is 16.1 Å². The highest BCUT2D eigenvalue weighted by molar-refractivity contribution is 7.07. The molecule has 0 bridgehead atoms. The van der Waals surface area contributed by atoms with Gasteiger partial charge in [-0.25, -0.2) is 0 Å². The molecular formula is C19H20ClN3O2S. The molecule has 0 aliphatic carbocycles. The van der Waals surface area contributed by atoms with Crippen LogP contribution in [0.5, 0.6) is 0 Å². The Morgan fingerprint density at radius 2 is 2.12 bits per heavy atom. The molecule has 0 radical (unpaired) electrons. The van der Waals surface area contributed by atoms with Crippen LogP contribution in [0.3, 0.4) is 0 Å². The number of nitrogens with zero attached hydrogens (tertiary/aromatic N) is 2. The number of benzene rings is 2. The first kappa shape index (κ1) is 18.8. The molecule has 1 N–H and O–H groups in total. The Hall–Kier alpha value is -1.99. The summed E-state index contributed by atoms with van der Waals surface area (Å²) in [5.41, 5.74) is 1.21. The lowest BCUT2D eigenvalue weighted by Crippen LogP contribution is -2.43. The highest BCUT2D eigenvalue weighted by atomic mass is 35.5. The number of rotatable bonds is 3. The molecule has 2 heterocycles. The maximum Gasteiger partial charge on any atom is 0.278 e. The lowest BCUT2D eigenvalue weighted by Gasteiger charge is -2.20. The number of nitrogens with one attached hydrogen (secondary N) is 1. The van der Waals surface area contributed by atoms with E-state index in [1.807, 2.05) is 28.3 Å². The van der Waals surface area contributed by atoms with Crippen LogP contribution in [0.4, 0.5) is 0 Å². The number of carbonyl (C=O) groups excluding carboxylic acids is 1. The van der Waals surface area contributed by atoms with Gasteiger partial charge in [0.25, 0.3) is 5.91 Å². The number of hydrogen-bond donors (Lipinski definition) is 1. The monoisotopic (exact) mass is 389 g/mol. The molecule has 3 aromatic rings. The van der Waals surface area contributed by atoms with Crippen molar-refractivity contribution in [2.45, 2.75) is 12.6 Å². The van der Waals surface area contributed by atoms with Gasteiger partial charge in [-0.3, -0.25) is 4.79 Å². The molecule has 1 amide bonds. The molecule has 1 atom stereocenters. The number of aromatic nitrogens is 1. The van der Waals surface area contributed by atoms with Gasteiger partial charge in [-0.05, 0) is 16.3 Å². The summed E-state index contributed by atoms with van der Waals surface area (Å²) in [6.07, 6.45) is 1.49. The lowest BCUT2D eigenvalue weighted by atomic mass is 10.0. The smallest absolute Gasteiger partial charge is 0.278 e. The van der Waals surface area contributed by atoms with E-state index >= 15 is 0 Å². The van der Waals surface area contributed by atoms with Crippen LogP contribution in [0, 0.1) is 0 Å². The van der Waals surface area contributed by atoms with Crippen molar-refractivity contribution in [1.82, 2.24) is 9.88 Å². The van der Waals surface area contributed by atoms with Crippen molar-refractivity contribution in [3.63, 3.8) is 0 Å². The van der Waals surface area contributed by atoms with E-state index in [1.54, 1.807) is 0 Å². The van der Waals surface area contributed by atoms with Gasteiger partial charge < -0.3 is 14.6 Å². The van der Waals surface area contributed by atoms with Gasteiger partial charge in [-0.1, -0.05) is 42.5 Å². The van der Waals surface area contributed by atoms with Crippen molar-refractivity contribution in [1.29, 1.82) is 0 Å². The molecule has 26 heavy (non-hydrogen) atoms. The summed E-state index contributed by atoms with van der Waals surface area (Å²) < 4.78 is 7.51. The first-order valence-corrected chi connectivity index (χ1v) is 9.21. The average Bonchev–Trinajstić information content (AvgIpc) is 3.09. The van der Waals surface area contributed by atoms with Gasteiger partial charge in [-0.2, -0.15) is 4.99 Å². The SMILES string of the molecule is Cl.O=C(N=c1sccn1Cc1cccc2ccccc12)C1CNCCO1. The fourth-order valence-corrected chi connectivity index (χ4v) is 3.74. The third-order valence-corrected chi connectivity index (χ3v) is 5.08. The molecule has 4 rings (SSSR count). The van der Waals surface area contributed by atoms with E-state index in [9.17, 15) is 4.79 Å². The first-order valence-electron chi connectivity index (χ1n) is 8.33. The quantitative estimate of drug-likeness (QED) is 0.749. The summed E-state index contributed by atoms with van der Waals surface area (Å²) in [5.74, 6) is -0.221. The fraction of sp³-hybridized carbons (Fsp3) is 0.263. The third-order valence-electron chi connectivity index (χ3n) is 4.29. The predicted molar refractivity (Wildman–Crippen MR) is 106 cm³/mol. The van der Waals surface area contributed by atoms with E-state index in [4.69, 9.17) is 4.74 Å². The lowest BCUT2D eigenvalue weighted by molar-refractivity contribution is -0.130. The van der Waals surface area contributed by atoms with Crippen LogP contribution >= 0.6 is 23.7 Å². The minimum absolute atomic E-state index is 0. The number of amides is 1. The number of fused-ring (bicyclic) bond motifs is 1. The van der Waals surface area contributed by atoms with Crippen LogP contribution in [-0.4, -0.2) is 36.3 Å². The standard InChI is InChI=1S/C19H19N3O2S.ClH/c23-18(17-12-20-8-10-24-17)21-19-22(9-11-25-19)13-15-6-3-5-14-4-1-2-7-16(14)15;/h1-7,9,11,17,20H,8,10,12-13H2;1H.